The summed E-state index contributed by atoms with van der Waals surface area (Å²) in [5.41, 5.74) is 1.03. The van der Waals surface area contributed by atoms with Gasteiger partial charge in [0.05, 0.1) is 22.7 Å². The number of amides is 1. The number of carbonyl (C=O) groups excluding carboxylic acids is 2. The lowest BCUT2D eigenvalue weighted by molar-refractivity contribution is -0.133. The van der Waals surface area contributed by atoms with Gasteiger partial charge >= 0.3 is 5.97 Å². The van der Waals surface area contributed by atoms with Gasteiger partial charge in [-0.25, -0.2) is 13.2 Å². The predicted molar refractivity (Wildman–Crippen MR) is 118 cm³/mol. The highest BCUT2D eigenvalue weighted by atomic mass is 32.2. The van der Waals surface area contributed by atoms with Crippen molar-refractivity contribution in [3.8, 4) is 0 Å². The molecule has 0 aliphatic carbocycles. The number of nitrogens with zero attached hydrogens (tertiary/aromatic N) is 2. The summed E-state index contributed by atoms with van der Waals surface area (Å²) >= 11 is 0. The Morgan fingerprint density at radius 1 is 1.06 bits per heavy atom. The summed E-state index contributed by atoms with van der Waals surface area (Å²) in [5.74, 6) is -1.12. The van der Waals surface area contributed by atoms with Crippen LogP contribution in [0.1, 0.15) is 29.8 Å². The fourth-order valence-corrected chi connectivity index (χ4v) is 5.16. The van der Waals surface area contributed by atoms with E-state index in [0.29, 0.717) is 6.54 Å². The van der Waals surface area contributed by atoms with Gasteiger partial charge in [-0.15, -0.1) is 0 Å². The first kappa shape index (κ1) is 23.9. The molecule has 2 atom stereocenters. The smallest absolute Gasteiger partial charge is 0.338 e. The number of likely N-dealkylation sites (N-methyl/N-ethyl adjacent to an activating group) is 1. The standard InChI is InChI=1S/C23H28N2O6S/c1-17-13-25(14-18(2)31-17)32(28,29)21-11-7-10-20(12-21)23(27)30-16-22(26)24(3)15-19-8-5-4-6-9-19/h4-12,17-18H,13-16H2,1-3H3/t17-,18+. The molecule has 0 saturated carbocycles. The summed E-state index contributed by atoms with van der Waals surface area (Å²) in [7, 11) is -2.17. The second kappa shape index (κ2) is 10.2. The molecule has 3 rings (SSSR count). The molecule has 8 nitrogen and oxygen atoms in total. The Bertz CT molecular complexity index is 1050. The summed E-state index contributed by atoms with van der Waals surface area (Å²) < 4.78 is 38.2. The third-order valence-electron chi connectivity index (χ3n) is 5.11. The minimum absolute atomic E-state index is 0.000715. The highest BCUT2D eigenvalue weighted by molar-refractivity contribution is 7.89. The van der Waals surface area contributed by atoms with E-state index in [0.717, 1.165) is 5.56 Å². The minimum Gasteiger partial charge on any atom is -0.452 e. The lowest BCUT2D eigenvalue weighted by Gasteiger charge is -2.34. The zero-order valence-electron chi connectivity index (χ0n) is 18.4. The number of ether oxygens (including phenoxy) is 2. The third kappa shape index (κ3) is 5.93. The molecule has 2 aromatic rings. The van der Waals surface area contributed by atoms with Crippen LogP contribution in [0.15, 0.2) is 59.5 Å². The number of hydrogen-bond acceptors (Lipinski definition) is 6. The summed E-state index contributed by atoms with van der Waals surface area (Å²) in [6.45, 7) is 4.07. The first-order valence-electron chi connectivity index (χ1n) is 10.4. The number of benzene rings is 2. The number of carbonyl (C=O) groups is 2. The second-order valence-electron chi connectivity index (χ2n) is 7.92. The third-order valence-corrected chi connectivity index (χ3v) is 6.94. The van der Waals surface area contributed by atoms with Gasteiger partial charge < -0.3 is 14.4 Å². The first-order chi connectivity index (χ1) is 15.2. The van der Waals surface area contributed by atoms with Crippen molar-refractivity contribution in [2.75, 3.05) is 26.7 Å². The van der Waals surface area contributed by atoms with Crippen molar-refractivity contribution in [2.45, 2.75) is 37.5 Å². The van der Waals surface area contributed by atoms with Crippen molar-refractivity contribution in [2.24, 2.45) is 0 Å². The molecular weight excluding hydrogens is 432 g/mol. The van der Waals surface area contributed by atoms with Crippen molar-refractivity contribution < 1.29 is 27.5 Å². The van der Waals surface area contributed by atoms with Crippen LogP contribution < -0.4 is 0 Å². The van der Waals surface area contributed by atoms with Gasteiger partial charge in [-0.2, -0.15) is 4.31 Å². The molecule has 0 N–H and O–H groups in total. The van der Waals surface area contributed by atoms with Crippen LogP contribution in [0.2, 0.25) is 0 Å². The molecule has 0 aromatic heterocycles. The van der Waals surface area contributed by atoms with E-state index in [9.17, 15) is 18.0 Å². The summed E-state index contributed by atoms with van der Waals surface area (Å²) in [6, 6.07) is 15.1. The maximum Gasteiger partial charge on any atom is 0.338 e. The van der Waals surface area contributed by atoms with Crippen molar-refractivity contribution in [1.29, 1.82) is 0 Å². The molecule has 1 fully saturated rings. The Kier molecular flexibility index (Phi) is 7.65. The van der Waals surface area contributed by atoms with Gasteiger partial charge in [-0.3, -0.25) is 4.79 Å². The zero-order chi connectivity index (χ0) is 23.3. The summed E-state index contributed by atoms with van der Waals surface area (Å²) in [5, 5.41) is 0. The molecule has 0 bridgehead atoms. The molecule has 0 radical (unpaired) electrons. The maximum atomic E-state index is 13.0. The Morgan fingerprint density at radius 3 is 2.38 bits per heavy atom. The van der Waals surface area contributed by atoms with Crippen LogP contribution >= 0.6 is 0 Å². The van der Waals surface area contributed by atoms with Crippen LogP contribution in [0.4, 0.5) is 0 Å². The molecule has 1 heterocycles. The fraction of sp³-hybridized carbons (Fsp3) is 0.391. The van der Waals surface area contributed by atoms with Crippen LogP contribution in [0.25, 0.3) is 0 Å². The number of esters is 1. The summed E-state index contributed by atoms with van der Waals surface area (Å²) in [4.78, 5) is 26.2. The van der Waals surface area contributed by atoms with E-state index in [1.807, 2.05) is 44.2 Å². The molecule has 2 aromatic carbocycles. The lowest BCUT2D eigenvalue weighted by Crippen LogP contribution is -2.48. The minimum atomic E-state index is -3.79. The van der Waals surface area contributed by atoms with Crippen molar-refractivity contribution in [1.82, 2.24) is 9.21 Å². The normalized spacial score (nSPS) is 19.3. The quantitative estimate of drug-likeness (QED) is 0.589. The topological polar surface area (TPSA) is 93.2 Å². The van der Waals surface area contributed by atoms with Crippen molar-refractivity contribution >= 4 is 21.9 Å². The molecule has 32 heavy (non-hydrogen) atoms. The van der Waals surface area contributed by atoms with Gasteiger partial charge in [-0.1, -0.05) is 36.4 Å². The largest absolute Gasteiger partial charge is 0.452 e. The van der Waals surface area contributed by atoms with E-state index < -0.39 is 22.6 Å². The first-order valence-corrected chi connectivity index (χ1v) is 11.8. The Balaban J connectivity index is 1.63. The maximum absolute atomic E-state index is 13.0. The highest BCUT2D eigenvalue weighted by Crippen LogP contribution is 2.22. The molecule has 1 aliphatic rings. The van der Waals surface area contributed by atoms with E-state index in [2.05, 4.69) is 0 Å². The van der Waals surface area contributed by atoms with Crippen molar-refractivity contribution in [3.63, 3.8) is 0 Å². The van der Waals surface area contributed by atoms with E-state index in [-0.39, 0.29) is 41.7 Å². The average molecular weight is 461 g/mol. The Labute approximate surface area is 188 Å². The monoisotopic (exact) mass is 460 g/mol. The van der Waals surface area contributed by atoms with Gasteiger partial charge in [-0.05, 0) is 37.6 Å². The fourth-order valence-electron chi connectivity index (χ4n) is 3.53. The molecule has 1 saturated heterocycles. The van der Waals surface area contributed by atoms with E-state index in [4.69, 9.17) is 9.47 Å². The van der Waals surface area contributed by atoms with Gasteiger partial charge in [0.1, 0.15) is 0 Å². The van der Waals surface area contributed by atoms with Gasteiger partial charge in [0, 0.05) is 26.7 Å². The van der Waals surface area contributed by atoms with Crippen LogP contribution in [-0.4, -0.2) is 68.5 Å². The molecule has 1 aliphatic heterocycles. The lowest BCUT2D eigenvalue weighted by atomic mass is 10.2. The van der Waals surface area contributed by atoms with Crippen LogP contribution in [0, 0.1) is 0 Å². The van der Waals surface area contributed by atoms with Crippen LogP contribution in [-0.2, 0) is 30.8 Å². The van der Waals surface area contributed by atoms with E-state index >= 15 is 0 Å². The number of sulfonamides is 1. The molecule has 0 spiro atoms. The van der Waals surface area contributed by atoms with Gasteiger partial charge in [0.25, 0.3) is 5.91 Å². The van der Waals surface area contributed by atoms with Crippen molar-refractivity contribution in [3.05, 3.63) is 65.7 Å². The van der Waals surface area contributed by atoms with Crippen LogP contribution in [0.5, 0.6) is 0 Å². The predicted octanol–water partition coefficient (Wildman–Crippen LogP) is 2.30. The Hall–Kier alpha value is -2.75. The van der Waals surface area contributed by atoms with Gasteiger partial charge in [0.15, 0.2) is 6.61 Å². The second-order valence-corrected chi connectivity index (χ2v) is 9.86. The SMILES string of the molecule is C[C@@H]1CN(S(=O)(=O)c2cccc(C(=O)OCC(=O)N(C)Cc3ccccc3)c2)C[C@H](C)O1. The van der Waals surface area contributed by atoms with Gasteiger partial charge in [0.2, 0.25) is 10.0 Å². The molecule has 9 heteroatoms. The number of morpholine rings is 1. The number of hydrogen-bond donors (Lipinski definition) is 0. The molecular formula is C23H28N2O6S. The Morgan fingerprint density at radius 2 is 1.72 bits per heavy atom. The highest BCUT2D eigenvalue weighted by Gasteiger charge is 2.32. The summed E-state index contributed by atoms with van der Waals surface area (Å²) in [6.07, 6.45) is -0.443. The molecule has 0 unspecified atom stereocenters. The molecule has 1 amide bonds. The van der Waals surface area contributed by atoms with E-state index in [1.54, 1.807) is 7.05 Å². The zero-order valence-corrected chi connectivity index (χ0v) is 19.2. The van der Waals surface area contributed by atoms with Crippen LogP contribution in [0.3, 0.4) is 0 Å². The number of rotatable bonds is 7. The van der Waals surface area contributed by atoms with E-state index in [1.165, 1.54) is 33.5 Å². The average Bonchev–Trinajstić information content (AvgIpc) is 2.77. The molecule has 172 valence electrons.